The normalized spacial score (nSPS) is 10.8. The van der Waals surface area contributed by atoms with E-state index in [0.717, 1.165) is 16.7 Å². The first-order valence-electron chi connectivity index (χ1n) is 7.92. The predicted molar refractivity (Wildman–Crippen MR) is 99.9 cm³/mol. The van der Waals surface area contributed by atoms with E-state index in [-0.39, 0.29) is 11.5 Å². The fraction of sp³-hybridized carbons (Fsp3) is 0.0455. The molecule has 0 spiro atoms. The lowest BCUT2D eigenvalue weighted by molar-refractivity contribution is 0.104. The summed E-state index contributed by atoms with van der Waals surface area (Å²) in [6.07, 6.45) is 3.22. The van der Waals surface area contributed by atoms with Gasteiger partial charge >= 0.3 is 0 Å². The lowest BCUT2D eigenvalue weighted by Crippen LogP contribution is -1.94. The van der Waals surface area contributed by atoms with Gasteiger partial charge in [0.1, 0.15) is 0 Å². The van der Waals surface area contributed by atoms with E-state index in [1.54, 1.807) is 18.2 Å². The van der Waals surface area contributed by atoms with Gasteiger partial charge in [-0.1, -0.05) is 66.7 Å². The van der Waals surface area contributed by atoms with E-state index >= 15 is 0 Å². The third kappa shape index (κ3) is 3.96. The Hall–Kier alpha value is -3.33. The molecule has 25 heavy (non-hydrogen) atoms. The number of carbonyl (C=O) groups is 1. The topological polar surface area (TPSA) is 46.5 Å². The number of phenols is 1. The third-order valence-corrected chi connectivity index (χ3v) is 3.91. The van der Waals surface area contributed by atoms with Crippen molar-refractivity contribution >= 4 is 11.9 Å². The molecule has 3 aromatic carbocycles. The van der Waals surface area contributed by atoms with E-state index in [2.05, 4.69) is 0 Å². The van der Waals surface area contributed by atoms with Gasteiger partial charge in [0.15, 0.2) is 17.3 Å². The molecule has 3 aromatic rings. The SMILES string of the molecule is COc1cc(C=CC(=O)c2ccc(-c3ccccc3)cc2)ccc1O. The molecule has 3 heteroatoms. The van der Waals surface area contributed by atoms with Gasteiger partial charge in [0.25, 0.3) is 0 Å². The highest BCUT2D eigenvalue weighted by Crippen LogP contribution is 2.27. The highest BCUT2D eigenvalue weighted by molar-refractivity contribution is 6.07. The molecular formula is C22H18O3. The summed E-state index contributed by atoms with van der Waals surface area (Å²) < 4.78 is 5.06. The monoisotopic (exact) mass is 330 g/mol. The van der Waals surface area contributed by atoms with E-state index in [4.69, 9.17) is 4.74 Å². The standard InChI is InChI=1S/C22H18O3/c1-25-22-15-16(8-14-21(22)24)7-13-20(23)19-11-9-18(10-12-19)17-5-3-2-4-6-17/h2-15,24H,1H3. The minimum atomic E-state index is -0.0772. The van der Waals surface area contributed by atoms with Crippen LogP contribution in [0.4, 0.5) is 0 Å². The van der Waals surface area contributed by atoms with E-state index in [0.29, 0.717) is 11.3 Å². The quantitative estimate of drug-likeness (QED) is 0.531. The summed E-state index contributed by atoms with van der Waals surface area (Å²) in [6.45, 7) is 0. The summed E-state index contributed by atoms with van der Waals surface area (Å²) in [5.74, 6) is 0.371. The van der Waals surface area contributed by atoms with Crippen LogP contribution in [-0.4, -0.2) is 18.0 Å². The van der Waals surface area contributed by atoms with Crippen LogP contribution in [0.3, 0.4) is 0 Å². The smallest absolute Gasteiger partial charge is 0.185 e. The van der Waals surface area contributed by atoms with Gasteiger partial charge in [0.2, 0.25) is 0 Å². The second kappa shape index (κ2) is 7.49. The number of ketones is 1. The Morgan fingerprint density at radius 2 is 1.60 bits per heavy atom. The first-order chi connectivity index (χ1) is 12.2. The molecule has 0 heterocycles. The maximum Gasteiger partial charge on any atom is 0.185 e. The molecular weight excluding hydrogens is 312 g/mol. The zero-order valence-electron chi connectivity index (χ0n) is 13.8. The molecule has 3 nitrogen and oxygen atoms in total. The van der Waals surface area contributed by atoms with Gasteiger partial charge in [0.05, 0.1) is 7.11 Å². The first kappa shape index (κ1) is 16.5. The Kier molecular flexibility index (Phi) is 4.95. The van der Waals surface area contributed by atoms with Gasteiger partial charge in [-0.2, -0.15) is 0 Å². The predicted octanol–water partition coefficient (Wildman–Crippen LogP) is 4.96. The third-order valence-electron chi connectivity index (χ3n) is 3.91. The number of allylic oxidation sites excluding steroid dienone is 1. The average molecular weight is 330 g/mol. The van der Waals surface area contributed by atoms with Crippen LogP contribution in [0.25, 0.3) is 17.2 Å². The highest BCUT2D eigenvalue weighted by Gasteiger charge is 2.04. The molecule has 0 fully saturated rings. The number of phenolic OH excluding ortho intramolecular Hbond substituents is 1. The molecule has 0 aliphatic carbocycles. The van der Waals surface area contributed by atoms with E-state index in [9.17, 15) is 9.90 Å². The molecule has 0 atom stereocenters. The Morgan fingerprint density at radius 1 is 0.920 bits per heavy atom. The fourth-order valence-electron chi connectivity index (χ4n) is 2.52. The lowest BCUT2D eigenvalue weighted by Gasteiger charge is -2.04. The summed E-state index contributed by atoms with van der Waals surface area (Å²) >= 11 is 0. The van der Waals surface area contributed by atoms with Gasteiger partial charge < -0.3 is 9.84 Å². The zero-order chi connectivity index (χ0) is 17.6. The molecule has 0 saturated heterocycles. The molecule has 1 N–H and O–H groups in total. The maximum atomic E-state index is 12.3. The summed E-state index contributed by atoms with van der Waals surface area (Å²) in [5.41, 5.74) is 3.60. The van der Waals surface area contributed by atoms with Crippen LogP contribution >= 0.6 is 0 Å². The second-order valence-electron chi connectivity index (χ2n) is 5.57. The number of hydrogen-bond acceptors (Lipinski definition) is 3. The van der Waals surface area contributed by atoms with Gasteiger partial charge in [-0.25, -0.2) is 0 Å². The van der Waals surface area contributed by atoms with Crippen molar-refractivity contribution in [3.05, 3.63) is 90.0 Å². The van der Waals surface area contributed by atoms with Crippen molar-refractivity contribution in [2.24, 2.45) is 0 Å². The molecule has 3 rings (SSSR count). The molecule has 124 valence electrons. The van der Waals surface area contributed by atoms with E-state index in [1.807, 2.05) is 54.6 Å². The Balaban J connectivity index is 1.75. The molecule has 0 radical (unpaired) electrons. The van der Waals surface area contributed by atoms with Crippen molar-refractivity contribution in [2.45, 2.75) is 0 Å². The minimum Gasteiger partial charge on any atom is -0.504 e. The second-order valence-corrected chi connectivity index (χ2v) is 5.57. The number of rotatable bonds is 5. The minimum absolute atomic E-state index is 0.0717. The van der Waals surface area contributed by atoms with Crippen LogP contribution in [0.5, 0.6) is 11.5 Å². The van der Waals surface area contributed by atoms with E-state index in [1.165, 1.54) is 19.3 Å². The summed E-state index contributed by atoms with van der Waals surface area (Å²) in [4.78, 5) is 12.3. The Morgan fingerprint density at radius 3 is 2.28 bits per heavy atom. The number of aromatic hydroxyl groups is 1. The Labute approximate surface area is 146 Å². The van der Waals surface area contributed by atoms with Gasteiger partial charge in [0, 0.05) is 5.56 Å². The molecule has 0 bridgehead atoms. The largest absolute Gasteiger partial charge is 0.504 e. The summed E-state index contributed by atoms with van der Waals surface area (Å²) in [6, 6.07) is 22.5. The number of carbonyl (C=O) groups excluding carboxylic acids is 1. The average Bonchev–Trinajstić information content (AvgIpc) is 2.68. The van der Waals surface area contributed by atoms with Crippen LogP contribution in [0, 0.1) is 0 Å². The fourth-order valence-corrected chi connectivity index (χ4v) is 2.52. The van der Waals surface area contributed by atoms with Crippen molar-refractivity contribution in [1.82, 2.24) is 0 Å². The number of ether oxygens (including phenoxy) is 1. The van der Waals surface area contributed by atoms with Gasteiger partial charge in [-0.05, 0) is 34.9 Å². The number of hydrogen-bond donors (Lipinski definition) is 1. The van der Waals surface area contributed by atoms with Crippen molar-refractivity contribution in [1.29, 1.82) is 0 Å². The van der Waals surface area contributed by atoms with Gasteiger partial charge in [-0.15, -0.1) is 0 Å². The van der Waals surface area contributed by atoms with E-state index < -0.39 is 0 Å². The number of methoxy groups -OCH3 is 1. The van der Waals surface area contributed by atoms with Gasteiger partial charge in [-0.3, -0.25) is 4.79 Å². The summed E-state index contributed by atoms with van der Waals surface area (Å²) in [7, 11) is 1.49. The zero-order valence-corrected chi connectivity index (χ0v) is 13.8. The van der Waals surface area contributed by atoms with Crippen molar-refractivity contribution in [2.75, 3.05) is 7.11 Å². The highest BCUT2D eigenvalue weighted by atomic mass is 16.5. The molecule has 0 aliphatic heterocycles. The van der Waals surface area contributed by atoms with Crippen LogP contribution in [0.2, 0.25) is 0 Å². The van der Waals surface area contributed by atoms with Crippen molar-refractivity contribution in [3.63, 3.8) is 0 Å². The molecule has 0 aliphatic rings. The summed E-state index contributed by atoms with van der Waals surface area (Å²) in [5, 5.41) is 9.59. The maximum absolute atomic E-state index is 12.3. The molecule has 0 aromatic heterocycles. The van der Waals surface area contributed by atoms with Crippen LogP contribution in [0.1, 0.15) is 15.9 Å². The molecule has 0 amide bonds. The van der Waals surface area contributed by atoms with Crippen LogP contribution < -0.4 is 4.74 Å². The van der Waals surface area contributed by atoms with Crippen LogP contribution in [0.15, 0.2) is 78.9 Å². The Bertz CT molecular complexity index is 894. The van der Waals surface area contributed by atoms with Crippen molar-refractivity contribution in [3.8, 4) is 22.6 Å². The van der Waals surface area contributed by atoms with Crippen LogP contribution in [-0.2, 0) is 0 Å². The molecule has 0 unspecified atom stereocenters. The number of benzene rings is 3. The first-order valence-corrected chi connectivity index (χ1v) is 7.92. The van der Waals surface area contributed by atoms with Crippen molar-refractivity contribution < 1.29 is 14.6 Å². The molecule has 0 saturated carbocycles. The lowest BCUT2D eigenvalue weighted by atomic mass is 10.0.